The molecule has 8 heteroatoms. The molecule has 3 rings (SSSR count). The van der Waals surface area contributed by atoms with Gasteiger partial charge in [0.1, 0.15) is 0 Å². The lowest BCUT2D eigenvalue weighted by atomic mass is 10.2. The van der Waals surface area contributed by atoms with Crippen molar-refractivity contribution in [3.63, 3.8) is 0 Å². The number of carbonyl (C=O) groups is 1. The highest BCUT2D eigenvalue weighted by Crippen LogP contribution is 2.24. The number of aryl methyl sites for hydroxylation is 1. The van der Waals surface area contributed by atoms with Crippen molar-refractivity contribution in [1.29, 1.82) is 0 Å². The average molecular weight is 360 g/mol. The van der Waals surface area contributed by atoms with Gasteiger partial charge in [0.15, 0.2) is 0 Å². The Morgan fingerprint density at radius 3 is 2.52 bits per heavy atom. The van der Waals surface area contributed by atoms with E-state index in [9.17, 15) is 4.79 Å². The van der Waals surface area contributed by atoms with Crippen LogP contribution in [0.15, 0.2) is 29.4 Å². The van der Waals surface area contributed by atoms with E-state index in [0.717, 1.165) is 38.4 Å². The lowest BCUT2D eigenvalue weighted by molar-refractivity contribution is -0.132. The maximum Gasteiger partial charge on any atom is 0.235 e. The number of thioether (sulfide) groups is 1. The molecule has 7 nitrogen and oxygen atoms in total. The van der Waals surface area contributed by atoms with Gasteiger partial charge in [0.05, 0.1) is 10.9 Å². The SMILES string of the molecule is CCN1CCN(C(=O)C(C)Sc2nnnn2-c2ccc(C)cc2)CC1. The smallest absolute Gasteiger partial charge is 0.235 e. The fraction of sp³-hybridized carbons (Fsp3) is 0.529. The second-order valence-corrected chi connectivity index (χ2v) is 7.54. The number of hydrogen-bond acceptors (Lipinski definition) is 6. The molecule has 2 aromatic rings. The maximum atomic E-state index is 12.7. The fourth-order valence-corrected chi connectivity index (χ4v) is 3.74. The van der Waals surface area contributed by atoms with Crippen LogP contribution in [0.25, 0.3) is 5.69 Å². The van der Waals surface area contributed by atoms with E-state index >= 15 is 0 Å². The molecule has 0 saturated carbocycles. The number of piperazine rings is 1. The molecule has 0 N–H and O–H groups in total. The highest BCUT2D eigenvalue weighted by molar-refractivity contribution is 8.00. The van der Waals surface area contributed by atoms with Crippen LogP contribution in [0, 0.1) is 6.92 Å². The minimum atomic E-state index is -0.219. The van der Waals surface area contributed by atoms with Gasteiger partial charge in [0.2, 0.25) is 11.1 Å². The van der Waals surface area contributed by atoms with Crippen molar-refractivity contribution < 1.29 is 4.79 Å². The van der Waals surface area contributed by atoms with E-state index in [1.165, 1.54) is 17.3 Å². The van der Waals surface area contributed by atoms with Gasteiger partial charge in [-0.1, -0.05) is 36.4 Å². The molecule has 1 aliphatic rings. The highest BCUT2D eigenvalue weighted by Gasteiger charge is 2.26. The number of carbonyl (C=O) groups excluding carboxylic acids is 1. The molecule has 1 fully saturated rings. The van der Waals surface area contributed by atoms with Crippen LogP contribution >= 0.6 is 11.8 Å². The Balaban J connectivity index is 1.65. The molecule has 1 amide bonds. The van der Waals surface area contributed by atoms with Crippen molar-refractivity contribution in [3.05, 3.63) is 29.8 Å². The van der Waals surface area contributed by atoms with Crippen LogP contribution in [-0.2, 0) is 4.79 Å². The summed E-state index contributed by atoms with van der Waals surface area (Å²) in [7, 11) is 0. The van der Waals surface area contributed by atoms with Gasteiger partial charge in [0, 0.05) is 26.2 Å². The Morgan fingerprint density at radius 1 is 1.20 bits per heavy atom. The van der Waals surface area contributed by atoms with Crippen molar-refractivity contribution in [2.45, 2.75) is 31.2 Å². The lowest BCUT2D eigenvalue weighted by Gasteiger charge is -2.35. The first kappa shape index (κ1) is 17.9. The summed E-state index contributed by atoms with van der Waals surface area (Å²) >= 11 is 1.41. The lowest BCUT2D eigenvalue weighted by Crippen LogP contribution is -2.50. The first-order valence-electron chi connectivity index (χ1n) is 8.61. The topological polar surface area (TPSA) is 67.2 Å². The molecular weight excluding hydrogens is 336 g/mol. The van der Waals surface area contributed by atoms with Crippen LogP contribution in [0.4, 0.5) is 0 Å². The van der Waals surface area contributed by atoms with Gasteiger partial charge in [-0.3, -0.25) is 4.79 Å². The average Bonchev–Trinajstić information content (AvgIpc) is 3.10. The standard InChI is InChI=1S/C17H24N6OS/c1-4-21-9-11-22(12-10-21)16(24)14(3)25-17-18-19-20-23(17)15-7-5-13(2)6-8-15/h5-8,14H,4,9-12H2,1-3H3. The monoisotopic (exact) mass is 360 g/mol. The molecular formula is C17H24N6OS. The zero-order chi connectivity index (χ0) is 17.8. The summed E-state index contributed by atoms with van der Waals surface area (Å²) in [5.41, 5.74) is 2.08. The molecule has 1 aliphatic heterocycles. The molecule has 1 aromatic heterocycles. The molecule has 2 heterocycles. The van der Waals surface area contributed by atoms with Gasteiger partial charge in [-0.2, -0.15) is 4.68 Å². The van der Waals surface area contributed by atoms with Crippen LogP contribution in [0.1, 0.15) is 19.4 Å². The zero-order valence-electron chi connectivity index (χ0n) is 14.9. The molecule has 1 aromatic carbocycles. The minimum absolute atomic E-state index is 0.152. The number of rotatable bonds is 5. The Bertz CT molecular complexity index is 708. The van der Waals surface area contributed by atoms with Crippen LogP contribution in [0.3, 0.4) is 0 Å². The quantitative estimate of drug-likeness (QED) is 0.755. The van der Waals surface area contributed by atoms with Gasteiger partial charge in [-0.25, -0.2) is 0 Å². The first-order valence-corrected chi connectivity index (χ1v) is 9.49. The summed E-state index contributed by atoms with van der Waals surface area (Å²) in [6.45, 7) is 10.6. The van der Waals surface area contributed by atoms with Gasteiger partial charge >= 0.3 is 0 Å². The van der Waals surface area contributed by atoms with Gasteiger partial charge in [-0.05, 0) is 43.0 Å². The van der Waals surface area contributed by atoms with E-state index in [1.807, 2.05) is 43.0 Å². The first-order chi connectivity index (χ1) is 12.1. The highest BCUT2D eigenvalue weighted by atomic mass is 32.2. The molecule has 134 valence electrons. The Hall–Kier alpha value is -1.93. The van der Waals surface area contributed by atoms with Crippen LogP contribution in [-0.4, -0.2) is 73.9 Å². The number of nitrogens with zero attached hydrogens (tertiary/aromatic N) is 6. The molecule has 0 aliphatic carbocycles. The van der Waals surface area contributed by atoms with Gasteiger partial charge in [0.25, 0.3) is 0 Å². The summed E-state index contributed by atoms with van der Waals surface area (Å²) < 4.78 is 1.68. The zero-order valence-corrected chi connectivity index (χ0v) is 15.7. The van der Waals surface area contributed by atoms with E-state index in [1.54, 1.807) is 4.68 Å². The molecule has 1 saturated heterocycles. The molecule has 1 unspecified atom stereocenters. The molecule has 0 radical (unpaired) electrons. The van der Waals surface area contributed by atoms with E-state index in [0.29, 0.717) is 5.16 Å². The normalized spacial score (nSPS) is 16.8. The number of benzene rings is 1. The Kier molecular flexibility index (Phi) is 5.70. The van der Waals surface area contributed by atoms with Gasteiger partial charge in [-0.15, -0.1) is 5.10 Å². The Labute approximate surface area is 152 Å². The number of hydrogen-bond donors (Lipinski definition) is 0. The van der Waals surface area contributed by atoms with E-state index in [-0.39, 0.29) is 11.2 Å². The number of tetrazole rings is 1. The van der Waals surface area contributed by atoms with Crippen molar-refractivity contribution in [1.82, 2.24) is 30.0 Å². The third-order valence-corrected chi connectivity index (χ3v) is 5.50. The summed E-state index contributed by atoms with van der Waals surface area (Å²) in [5, 5.41) is 12.4. The molecule has 25 heavy (non-hydrogen) atoms. The predicted octanol–water partition coefficient (Wildman–Crippen LogP) is 1.62. The predicted molar refractivity (Wildman–Crippen MR) is 97.9 cm³/mol. The summed E-state index contributed by atoms with van der Waals surface area (Å²) in [4.78, 5) is 17.0. The van der Waals surface area contributed by atoms with Crippen molar-refractivity contribution in [2.24, 2.45) is 0 Å². The Morgan fingerprint density at radius 2 is 1.88 bits per heavy atom. The van der Waals surface area contributed by atoms with Crippen LogP contribution < -0.4 is 0 Å². The van der Waals surface area contributed by atoms with Gasteiger partial charge < -0.3 is 9.80 Å². The van der Waals surface area contributed by atoms with E-state index in [4.69, 9.17) is 0 Å². The van der Waals surface area contributed by atoms with Crippen LogP contribution in [0.2, 0.25) is 0 Å². The summed E-state index contributed by atoms with van der Waals surface area (Å²) in [5.74, 6) is 0.152. The van der Waals surface area contributed by atoms with E-state index in [2.05, 4.69) is 27.3 Å². The van der Waals surface area contributed by atoms with Crippen molar-refractivity contribution in [3.8, 4) is 5.69 Å². The summed E-state index contributed by atoms with van der Waals surface area (Å²) in [6, 6.07) is 8.00. The number of likely N-dealkylation sites (N-methyl/N-ethyl adjacent to an activating group) is 1. The largest absolute Gasteiger partial charge is 0.339 e. The van der Waals surface area contributed by atoms with Crippen LogP contribution in [0.5, 0.6) is 0 Å². The minimum Gasteiger partial charge on any atom is -0.339 e. The summed E-state index contributed by atoms with van der Waals surface area (Å²) in [6.07, 6.45) is 0. The van der Waals surface area contributed by atoms with E-state index < -0.39 is 0 Å². The molecule has 1 atom stereocenters. The van der Waals surface area contributed by atoms with Crippen molar-refractivity contribution >= 4 is 17.7 Å². The third-order valence-electron chi connectivity index (χ3n) is 4.48. The second kappa shape index (κ2) is 7.97. The second-order valence-electron chi connectivity index (χ2n) is 6.23. The maximum absolute atomic E-state index is 12.7. The number of amides is 1. The molecule has 0 spiro atoms. The molecule has 0 bridgehead atoms. The van der Waals surface area contributed by atoms with Crippen molar-refractivity contribution in [2.75, 3.05) is 32.7 Å². The number of aromatic nitrogens is 4. The third kappa shape index (κ3) is 4.19. The fourth-order valence-electron chi connectivity index (χ4n) is 2.85.